The highest BCUT2D eigenvalue weighted by Gasteiger charge is 2.43. The predicted octanol–water partition coefficient (Wildman–Crippen LogP) is 3.90. The van der Waals surface area contributed by atoms with Gasteiger partial charge in [0.15, 0.2) is 0 Å². The van der Waals surface area contributed by atoms with Crippen LogP contribution < -0.4 is 0 Å². The van der Waals surface area contributed by atoms with Crippen molar-refractivity contribution in [2.24, 2.45) is 5.41 Å². The molecule has 2 rings (SSSR count). The van der Waals surface area contributed by atoms with Gasteiger partial charge in [-0.05, 0) is 45.7 Å². The maximum atomic E-state index is 10.3. The van der Waals surface area contributed by atoms with Crippen molar-refractivity contribution in [3.05, 3.63) is 0 Å². The lowest BCUT2D eigenvalue weighted by Gasteiger charge is -2.30. The van der Waals surface area contributed by atoms with E-state index in [4.69, 9.17) is 4.74 Å². The summed E-state index contributed by atoms with van der Waals surface area (Å²) < 4.78 is 15.6. The van der Waals surface area contributed by atoms with E-state index >= 15 is 0 Å². The Morgan fingerprint density at radius 2 is 1.61 bits per heavy atom. The molecule has 110 valence electrons. The first kappa shape index (κ1) is 17.8. The molecule has 0 spiro atoms. The molecular formula is C15H32FNO. The molecule has 2 fully saturated rings. The predicted molar refractivity (Wildman–Crippen MR) is 76.8 cm³/mol. The van der Waals surface area contributed by atoms with Crippen molar-refractivity contribution in [3.63, 3.8) is 0 Å². The van der Waals surface area contributed by atoms with Crippen molar-refractivity contribution >= 4 is 0 Å². The molecule has 18 heavy (non-hydrogen) atoms. The molecule has 0 unspecified atom stereocenters. The van der Waals surface area contributed by atoms with E-state index in [2.05, 4.69) is 4.90 Å². The molecule has 0 N–H and O–H groups in total. The number of nitrogens with zero attached hydrogens (tertiary/aromatic N) is 1. The van der Waals surface area contributed by atoms with Gasteiger partial charge in [-0.25, -0.2) is 0 Å². The first-order valence-electron chi connectivity index (χ1n) is 7.53. The van der Waals surface area contributed by atoms with Gasteiger partial charge >= 0.3 is 0 Å². The van der Waals surface area contributed by atoms with Crippen LogP contribution in [0.1, 0.15) is 52.9 Å². The van der Waals surface area contributed by atoms with Gasteiger partial charge in [0, 0.05) is 19.1 Å². The van der Waals surface area contributed by atoms with E-state index in [0.717, 1.165) is 6.61 Å². The van der Waals surface area contributed by atoms with E-state index in [-0.39, 0.29) is 6.67 Å². The fourth-order valence-corrected chi connectivity index (χ4v) is 2.42. The Morgan fingerprint density at radius 3 is 2.00 bits per heavy atom. The second-order valence-corrected chi connectivity index (χ2v) is 5.04. The van der Waals surface area contributed by atoms with E-state index in [1.54, 1.807) is 0 Å². The van der Waals surface area contributed by atoms with E-state index in [1.165, 1.54) is 58.7 Å². The van der Waals surface area contributed by atoms with Gasteiger partial charge in [-0.1, -0.05) is 20.3 Å². The molecule has 1 saturated heterocycles. The van der Waals surface area contributed by atoms with Crippen LogP contribution in [0, 0.1) is 5.41 Å². The molecule has 0 bridgehead atoms. The Bertz CT molecular complexity index is 177. The zero-order chi connectivity index (χ0) is 13.9. The molecule has 0 radical (unpaired) electrons. The Kier molecular flexibility index (Phi) is 10.7. The first-order chi connectivity index (χ1) is 8.76. The Labute approximate surface area is 113 Å². The summed E-state index contributed by atoms with van der Waals surface area (Å²) in [6, 6.07) is 0. The lowest BCUT2D eigenvalue weighted by atomic mass is 10.1. The number of hydrogen-bond acceptors (Lipinski definition) is 2. The standard InChI is InChI=1S/C11H21NO.C2H5F.C2H6/c1-13-10-11(5-6-11)9-12-7-3-2-4-8-12;1-2-3;1-2/h2-10H2,1H3;2H2,1H3;1-2H3. The molecule has 0 amide bonds. The SMILES string of the molecule is CC.CCF.COCC1(CN2CCCCC2)CC1. The van der Waals surface area contributed by atoms with Gasteiger partial charge < -0.3 is 9.64 Å². The average molecular weight is 261 g/mol. The summed E-state index contributed by atoms with van der Waals surface area (Å²) in [7, 11) is 1.83. The maximum Gasteiger partial charge on any atom is 0.0866 e. The summed E-state index contributed by atoms with van der Waals surface area (Å²) in [4.78, 5) is 2.63. The van der Waals surface area contributed by atoms with Gasteiger partial charge in [-0.2, -0.15) is 0 Å². The van der Waals surface area contributed by atoms with Crippen LogP contribution in [0.3, 0.4) is 0 Å². The first-order valence-corrected chi connectivity index (χ1v) is 7.53. The number of rotatable bonds is 4. The quantitative estimate of drug-likeness (QED) is 0.761. The summed E-state index contributed by atoms with van der Waals surface area (Å²) in [5, 5.41) is 0. The molecule has 0 aromatic heterocycles. The molecule has 1 aliphatic carbocycles. The molecule has 1 saturated carbocycles. The fraction of sp³-hybridized carbons (Fsp3) is 1.00. The number of methoxy groups -OCH3 is 1. The van der Waals surface area contributed by atoms with Crippen molar-refractivity contribution < 1.29 is 9.13 Å². The number of hydrogen-bond donors (Lipinski definition) is 0. The van der Waals surface area contributed by atoms with Crippen LogP contribution in [-0.4, -0.2) is 44.9 Å². The van der Waals surface area contributed by atoms with E-state index in [0.29, 0.717) is 5.41 Å². The van der Waals surface area contributed by atoms with Gasteiger partial charge in [0.25, 0.3) is 0 Å². The van der Waals surface area contributed by atoms with Crippen LogP contribution in [0.4, 0.5) is 4.39 Å². The number of halogens is 1. The highest BCUT2D eigenvalue weighted by atomic mass is 19.1. The van der Waals surface area contributed by atoms with Crippen molar-refractivity contribution in [2.75, 3.05) is 40.0 Å². The van der Waals surface area contributed by atoms with Crippen LogP contribution >= 0.6 is 0 Å². The minimum atomic E-state index is -0.250. The van der Waals surface area contributed by atoms with Gasteiger partial charge in [0.2, 0.25) is 0 Å². The maximum absolute atomic E-state index is 10.3. The van der Waals surface area contributed by atoms with Gasteiger partial charge in [-0.3, -0.25) is 4.39 Å². The van der Waals surface area contributed by atoms with Crippen molar-refractivity contribution in [2.45, 2.75) is 52.9 Å². The van der Waals surface area contributed by atoms with Gasteiger partial charge in [0.05, 0.1) is 13.3 Å². The lowest BCUT2D eigenvalue weighted by molar-refractivity contribution is 0.1000. The summed E-state index contributed by atoms with van der Waals surface area (Å²) >= 11 is 0. The molecule has 1 heterocycles. The second-order valence-electron chi connectivity index (χ2n) is 5.04. The number of alkyl halides is 1. The lowest BCUT2D eigenvalue weighted by Crippen LogP contribution is -2.36. The highest BCUT2D eigenvalue weighted by molar-refractivity contribution is 4.95. The Balaban J connectivity index is 0.000000509. The third-order valence-electron chi connectivity index (χ3n) is 3.42. The minimum Gasteiger partial charge on any atom is -0.384 e. The van der Waals surface area contributed by atoms with Crippen LogP contribution in [0.25, 0.3) is 0 Å². The Hall–Kier alpha value is -0.150. The second kappa shape index (κ2) is 10.7. The van der Waals surface area contributed by atoms with Gasteiger partial charge in [-0.15, -0.1) is 0 Å². The molecule has 3 heteroatoms. The molecule has 0 aromatic rings. The number of likely N-dealkylation sites (tertiary alicyclic amines) is 1. The molecule has 0 atom stereocenters. The van der Waals surface area contributed by atoms with Crippen molar-refractivity contribution in [3.8, 4) is 0 Å². The topological polar surface area (TPSA) is 12.5 Å². The summed E-state index contributed by atoms with van der Waals surface area (Å²) in [6.45, 7) is 10.1. The molecular weight excluding hydrogens is 229 g/mol. The molecule has 0 aromatic carbocycles. The van der Waals surface area contributed by atoms with Crippen LogP contribution in [0.15, 0.2) is 0 Å². The third-order valence-corrected chi connectivity index (χ3v) is 3.42. The summed E-state index contributed by atoms with van der Waals surface area (Å²) in [5.41, 5.74) is 0.562. The normalized spacial score (nSPS) is 21.2. The fourth-order valence-electron chi connectivity index (χ4n) is 2.42. The van der Waals surface area contributed by atoms with E-state index in [9.17, 15) is 4.39 Å². The van der Waals surface area contributed by atoms with E-state index < -0.39 is 0 Å². The van der Waals surface area contributed by atoms with Crippen molar-refractivity contribution in [1.82, 2.24) is 4.90 Å². The van der Waals surface area contributed by atoms with Crippen LogP contribution in [-0.2, 0) is 4.74 Å². The molecule has 1 aliphatic heterocycles. The van der Waals surface area contributed by atoms with Gasteiger partial charge in [0.1, 0.15) is 0 Å². The van der Waals surface area contributed by atoms with Crippen molar-refractivity contribution in [1.29, 1.82) is 0 Å². The zero-order valence-electron chi connectivity index (χ0n) is 12.8. The Morgan fingerprint density at radius 1 is 1.11 bits per heavy atom. The minimum absolute atomic E-state index is 0.250. The summed E-state index contributed by atoms with van der Waals surface area (Å²) in [6.07, 6.45) is 7.02. The smallest absolute Gasteiger partial charge is 0.0866 e. The summed E-state index contributed by atoms with van der Waals surface area (Å²) in [5.74, 6) is 0. The zero-order valence-corrected chi connectivity index (χ0v) is 12.8. The monoisotopic (exact) mass is 261 g/mol. The number of ether oxygens (including phenoxy) is 1. The number of piperidine rings is 1. The average Bonchev–Trinajstić information content (AvgIpc) is 3.14. The molecule has 2 nitrogen and oxygen atoms in total. The largest absolute Gasteiger partial charge is 0.384 e. The van der Waals surface area contributed by atoms with E-state index in [1.807, 2.05) is 21.0 Å². The third kappa shape index (κ3) is 7.32. The molecule has 2 aliphatic rings. The highest BCUT2D eigenvalue weighted by Crippen LogP contribution is 2.46. The van der Waals surface area contributed by atoms with Crippen LogP contribution in [0.2, 0.25) is 0 Å². The van der Waals surface area contributed by atoms with Crippen LogP contribution in [0.5, 0.6) is 0 Å².